The molecule has 0 N–H and O–H groups in total. The second-order valence-corrected chi connectivity index (χ2v) is 9.17. The van der Waals surface area contributed by atoms with Crippen molar-refractivity contribution in [2.24, 2.45) is 5.92 Å². The molecule has 2 aliphatic rings. The van der Waals surface area contributed by atoms with E-state index >= 15 is 0 Å². The number of likely N-dealkylation sites (tertiary alicyclic amines) is 1. The fourth-order valence-corrected chi connectivity index (χ4v) is 4.93. The van der Waals surface area contributed by atoms with Gasteiger partial charge in [-0.2, -0.15) is 4.31 Å². The Bertz CT molecular complexity index is 710. The molecule has 0 spiro atoms. The van der Waals surface area contributed by atoms with Crippen molar-refractivity contribution >= 4 is 15.9 Å². The van der Waals surface area contributed by atoms with Crippen molar-refractivity contribution in [3.05, 3.63) is 29.8 Å². The Morgan fingerprint density at radius 3 is 2.28 bits per heavy atom. The molecule has 0 saturated carbocycles. The molecule has 2 aliphatic heterocycles. The maximum absolute atomic E-state index is 12.7. The molecule has 3 rings (SSSR count). The molecule has 2 fully saturated rings. The van der Waals surface area contributed by atoms with Crippen molar-refractivity contribution in [2.75, 3.05) is 46.3 Å². The molecule has 0 radical (unpaired) electrons. The van der Waals surface area contributed by atoms with Gasteiger partial charge in [0.05, 0.1) is 4.90 Å². The Hall–Kier alpha value is -1.44. The zero-order chi connectivity index (χ0) is 18.0. The fourth-order valence-electron chi connectivity index (χ4n) is 3.50. The van der Waals surface area contributed by atoms with E-state index in [1.54, 1.807) is 24.3 Å². The minimum atomic E-state index is -3.48. The van der Waals surface area contributed by atoms with Gasteiger partial charge >= 0.3 is 0 Å². The van der Waals surface area contributed by atoms with Crippen LogP contribution in [0.3, 0.4) is 0 Å². The highest BCUT2D eigenvalue weighted by Crippen LogP contribution is 2.21. The number of benzene rings is 1. The van der Waals surface area contributed by atoms with Crippen LogP contribution in [-0.4, -0.2) is 74.7 Å². The lowest BCUT2D eigenvalue weighted by Gasteiger charge is -2.32. The third kappa shape index (κ3) is 4.04. The van der Waals surface area contributed by atoms with Crippen LogP contribution in [0.15, 0.2) is 29.2 Å². The van der Waals surface area contributed by atoms with Crippen LogP contribution in [0.1, 0.15) is 30.1 Å². The lowest BCUT2D eigenvalue weighted by atomic mass is 9.99. The molecular formula is C18H27N3O3S. The highest BCUT2D eigenvalue weighted by molar-refractivity contribution is 7.89. The van der Waals surface area contributed by atoms with E-state index in [9.17, 15) is 13.2 Å². The number of sulfonamides is 1. The average Bonchev–Trinajstić information content (AvgIpc) is 2.61. The van der Waals surface area contributed by atoms with Gasteiger partial charge in [0.2, 0.25) is 10.0 Å². The molecule has 1 atom stereocenters. The predicted molar refractivity (Wildman–Crippen MR) is 97.0 cm³/mol. The molecule has 1 aromatic carbocycles. The van der Waals surface area contributed by atoms with Gasteiger partial charge in [-0.3, -0.25) is 4.79 Å². The van der Waals surface area contributed by atoms with Crippen molar-refractivity contribution in [2.45, 2.75) is 24.7 Å². The minimum Gasteiger partial charge on any atom is -0.338 e. The Morgan fingerprint density at radius 1 is 1.04 bits per heavy atom. The normalized spacial score (nSPS) is 23.6. The summed E-state index contributed by atoms with van der Waals surface area (Å²) in [5.74, 6) is 0.518. The topological polar surface area (TPSA) is 60.9 Å². The van der Waals surface area contributed by atoms with Crippen LogP contribution in [0.4, 0.5) is 0 Å². The lowest BCUT2D eigenvalue weighted by Crippen LogP contribution is -2.47. The van der Waals surface area contributed by atoms with E-state index in [-0.39, 0.29) is 10.8 Å². The first kappa shape index (κ1) is 18.4. The summed E-state index contributed by atoms with van der Waals surface area (Å²) in [5.41, 5.74) is 0.562. The minimum absolute atomic E-state index is 0.00454. The molecule has 0 aliphatic carbocycles. The Morgan fingerprint density at radius 2 is 1.68 bits per heavy atom. The van der Waals surface area contributed by atoms with E-state index in [4.69, 9.17) is 0 Å². The standard InChI is InChI=1S/C18H27N3O3S/c1-15-4-3-9-20(14-15)18(22)16-5-7-17(8-6-16)25(23,24)21-12-10-19(2)11-13-21/h5-8,15H,3-4,9-14H2,1-2H3. The molecule has 138 valence electrons. The molecule has 6 nitrogen and oxygen atoms in total. The summed E-state index contributed by atoms with van der Waals surface area (Å²) in [6.07, 6.45) is 2.19. The van der Waals surface area contributed by atoms with E-state index < -0.39 is 10.0 Å². The fraction of sp³-hybridized carbons (Fsp3) is 0.611. The summed E-state index contributed by atoms with van der Waals surface area (Å²) < 4.78 is 27.0. The molecule has 7 heteroatoms. The number of amides is 1. The van der Waals surface area contributed by atoms with Gasteiger partial charge in [-0.05, 0) is 50.1 Å². The maximum atomic E-state index is 12.7. The Balaban J connectivity index is 1.72. The predicted octanol–water partition coefficient (Wildman–Crippen LogP) is 1.49. The smallest absolute Gasteiger partial charge is 0.253 e. The third-order valence-corrected chi connectivity index (χ3v) is 7.06. The number of nitrogens with zero attached hydrogens (tertiary/aromatic N) is 3. The molecule has 2 saturated heterocycles. The molecule has 0 aromatic heterocycles. The van der Waals surface area contributed by atoms with E-state index in [1.807, 2.05) is 11.9 Å². The lowest BCUT2D eigenvalue weighted by molar-refractivity contribution is 0.0683. The number of piperidine rings is 1. The van der Waals surface area contributed by atoms with Gasteiger partial charge in [0.1, 0.15) is 0 Å². The van der Waals surface area contributed by atoms with Crippen LogP contribution in [0.25, 0.3) is 0 Å². The first-order valence-electron chi connectivity index (χ1n) is 8.96. The second kappa shape index (κ2) is 7.43. The monoisotopic (exact) mass is 365 g/mol. The van der Waals surface area contributed by atoms with Crippen molar-refractivity contribution < 1.29 is 13.2 Å². The van der Waals surface area contributed by atoms with E-state index in [0.29, 0.717) is 24.6 Å². The highest BCUT2D eigenvalue weighted by atomic mass is 32.2. The number of hydrogen-bond donors (Lipinski definition) is 0. The summed E-state index contributed by atoms with van der Waals surface area (Å²) >= 11 is 0. The second-order valence-electron chi connectivity index (χ2n) is 7.23. The Kier molecular flexibility index (Phi) is 5.46. The van der Waals surface area contributed by atoms with Crippen LogP contribution in [0, 0.1) is 5.92 Å². The molecule has 1 amide bonds. The van der Waals surface area contributed by atoms with E-state index in [0.717, 1.165) is 39.0 Å². The molecule has 0 bridgehead atoms. The van der Waals surface area contributed by atoms with Gasteiger partial charge in [0.25, 0.3) is 5.91 Å². The summed E-state index contributed by atoms with van der Waals surface area (Å²) in [7, 11) is -1.49. The summed E-state index contributed by atoms with van der Waals surface area (Å²) in [6, 6.07) is 6.41. The number of carbonyl (C=O) groups excluding carboxylic acids is 1. The van der Waals surface area contributed by atoms with Crippen LogP contribution in [0.5, 0.6) is 0 Å². The number of carbonyl (C=O) groups is 1. The van der Waals surface area contributed by atoms with E-state index in [2.05, 4.69) is 11.8 Å². The molecule has 1 unspecified atom stereocenters. The Labute approximate surface area is 150 Å². The first-order chi connectivity index (χ1) is 11.9. The highest BCUT2D eigenvalue weighted by Gasteiger charge is 2.28. The molecule has 1 aromatic rings. The molecule has 25 heavy (non-hydrogen) atoms. The molecular weight excluding hydrogens is 338 g/mol. The number of hydrogen-bond acceptors (Lipinski definition) is 4. The van der Waals surface area contributed by atoms with Crippen LogP contribution < -0.4 is 0 Å². The van der Waals surface area contributed by atoms with Crippen LogP contribution in [0.2, 0.25) is 0 Å². The zero-order valence-electron chi connectivity index (χ0n) is 15.0. The van der Waals surface area contributed by atoms with Gasteiger partial charge in [-0.1, -0.05) is 6.92 Å². The maximum Gasteiger partial charge on any atom is 0.253 e. The largest absolute Gasteiger partial charge is 0.338 e. The number of likely N-dealkylation sites (N-methyl/N-ethyl adjacent to an activating group) is 1. The average molecular weight is 365 g/mol. The third-order valence-electron chi connectivity index (χ3n) is 5.15. The van der Waals surface area contributed by atoms with Crippen molar-refractivity contribution in [1.29, 1.82) is 0 Å². The SMILES string of the molecule is CC1CCCN(C(=O)c2ccc(S(=O)(=O)N3CCN(C)CC3)cc2)C1. The van der Waals surface area contributed by atoms with Gasteiger partial charge in [0.15, 0.2) is 0 Å². The summed E-state index contributed by atoms with van der Waals surface area (Å²) in [6.45, 7) is 6.21. The first-order valence-corrected chi connectivity index (χ1v) is 10.4. The van der Waals surface area contributed by atoms with Gasteiger partial charge in [-0.15, -0.1) is 0 Å². The summed E-state index contributed by atoms with van der Waals surface area (Å²) in [5, 5.41) is 0. The van der Waals surface area contributed by atoms with Crippen molar-refractivity contribution in [3.8, 4) is 0 Å². The van der Waals surface area contributed by atoms with Gasteiger partial charge in [0, 0.05) is 44.8 Å². The van der Waals surface area contributed by atoms with Crippen LogP contribution in [-0.2, 0) is 10.0 Å². The van der Waals surface area contributed by atoms with Crippen molar-refractivity contribution in [3.63, 3.8) is 0 Å². The van der Waals surface area contributed by atoms with Crippen LogP contribution >= 0.6 is 0 Å². The molecule has 2 heterocycles. The zero-order valence-corrected chi connectivity index (χ0v) is 15.8. The van der Waals surface area contributed by atoms with E-state index in [1.165, 1.54) is 4.31 Å². The van der Waals surface area contributed by atoms with Crippen molar-refractivity contribution in [1.82, 2.24) is 14.1 Å². The van der Waals surface area contributed by atoms with Gasteiger partial charge < -0.3 is 9.80 Å². The quantitative estimate of drug-likeness (QED) is 0.814. The number of piperazine rings is 1. The number of rotatable bonds is 3. The summed E-state index contributed by atoms with van der Waals surface area (Å²) in [4.78, 5) is 16.9. The van der Waals surface area contributed by atoms with Gasteiger partial charge in [-0.25, -0.2) is 8.42 Å².